The Labute approximate surface area is 133 Å². The number of hydrogen-bond donors (Lipinski definition) is 1. The Kier molecular flexibility index (Phi) is 4.39. The van der Waals surface area contributed by atoms with Crippen LogP contribution in [0, 0.1) is 0 Å². The van der Waals surface area contributed by atoms with Gasteiger partial charge in [0, 0.05) is 4.47 Å². The third-order valence-corrected chi connectivity index (χ3v) is 4.45. The third kappa shape index (κ3) is 3.53. The average Bonchev–Trinajstić information content (AvgIpc) is 2.47. The number of fused-ring (bicyclic) bond motifs is 1. The van der Waals surface area contributed by atoms with E-state index in [2.05, 4.69) is 45.5 Å². The van der Waals surface area contributed by atoms with Crippen LogP contribution in [-0.2, 0) is 17.6 Å². The number of rotatable bonds is 3. The zero-order valence-electron chi connectivity index (χ0n) is 11.8. The molecule has 2 aromatic rings. The lowest BCUT2D eigenvalue weighted by Crippen LogP contribution is -2.32. The van der Waals surface area contributed by atoms with Crippen molar-refractivity contribution in [3.05, 3.63) is 69.7 Å². The molecule has 0 aliphatic heterocycles. The summed E-state index contributed by atoms with van der Waals surface area (Å²) in [4.78, 5) is 12.3. The molecule has 1 aliphatic carbocycles. The van der Waals surface area contributed by atoms with E-state index < -0.39 is 0 Å². The van der Waals surface area contributed by atoms with E-state index in [4.69, 9.17) is 0 Å². The minimum absolute atomic E-state index is 0.0924. The van der Waals surface area contributed by atoms with Crippen molar-refractivity contribution in [3.8, 4) is 0 Å². The van der Waals surface area contributed by atoms with Crippen molar-refractivity contribution in [2.45, 2.75) is 31.7 Å². The minimum atomic E-state index is 0.0924. The summed E-state index contributed by atoms with van der Waals surface area (Å²) < 4.78 is 1.01. The second-order valence-electron chi connectivity index (χ2n) is 5.52. The quantitative estimate of drug-likeness (QED) is 0.889. The monoisotopic (exact) mass is 343 g/mol. The van der Waals surface area contributed by atoms with E-state index in [0.29, 0.717) is 6.42 Å². The van der Waals surface area contributed by atoms with Crippen molar-refractivity contribution in [3.63, 3.8) is 0 Å². The summed E-state index contributed by atoms with van der Waals surface area (Å²) in [6, 6.07) is 16.5. The number of aryl methyl sites for hydroxylation is 1. The van der Waals surface area contributed by atoms with Crippen LogP contribution in [0.25, 0.3) is 0 Å². The standard InChI is InChI=1S/C18H18BrNO/c19-15-8-3-5-13(11-15)12-18(21)20-17-10-4-7-14-6-1-2-9-16(14)17/h1-3,5-6,8-9,11,17H,4,7,10,12H2,(H,20,21). The van der Waals surface area contributed by atoms with Crippen molar-refractivity contribution in [1.29, 1.82) is 0 Å². The van der Waals surface area contributed by atoms with Crippen molar-refractivity contribution in [2.24, 2.45) is 0 Å². The molecular weight excluding hydrogens is 326 g/mol. The molecular formula is C18H18BrNO. The molecule has 0 spiro atoms. The van der Waals surface area contributed by atoms with E-state index in [-0.39, 0.29) is 11.9 Å². The molecule has 108 valence electrons. The summed E-state index contributed by atoms with van der Waals surface area (Å²) in [7, 11) is 0. The SMILES string of the molecule is O=C(Cc1cccc(Br)c1)NC1CCCc2ccccc21. The predicted molar refractivity (Wildman–Crippen MR) is 88.1 cm³/mol. The highest BCUT2D eigenvalue weighted by Gasteiger charge is 2.21. The maximum atomic E-state index is 12.3. The molecule has 1 aliphatic rings. The van der Waals surface area contributed by atoms with Crippen LogP contribution in [0.1, 0.15) is 35.6 Å². The predicted octanol–water partition coefficient (Wildman–Crippen LogP) is 4.19. The van der Waals surface area contributed by atoms with Crippen LogP contribution < -0.4 is 5.32 Å². The summed E-state index contributed by atoms with van der Waals surface area (Å²) in [5.41, 5.74) is 3.69. The van der Waals surface area contributed by atoms with Crippen LogP contribution in [-0.4, -0.2) is 5.91 Å². The number of nitrogens with one attached hydrogen (secondary N) is 1. The first-order valence-corrected chi connectivity index (χ1v) is 8.13. The highest BCUT2D eigenvalue weighted by atomic mass is 79.9. The molecule has 1 unspecified atom stereocenters. The number of halogens is 1. The van der Waals surface area contributed by atoms with Crippen molar-refractivity contribution >= 4 is 21.8 Å². The van der Waals surface area contributed by atoms with Gasteiger partial charge >= 0.3 is 0 Å². The molecule has 1 N–H and O–H groups in total. The van der Waals surface area contributed by atoms with Gasteiger partial charge < -0.3 is 5.32 Å². The largest absolute Gasteiger partial charge is 0.349 e. The maximum absolute atomic E-state index is 12.3. The molecule has 3 heteroatoms. The van der Waals surface area contributed by atoms with Crippen LogP contribution in [0.4, 0.5) is 0 Å². The summed E-state index contributed by atoms with van der Waals surface area (Å²) in [6.45, 7) is 0. The van der Waals surface area contributed by atoms with E-state index >= 15 is 0 Å². The lowest BCUT2D eigenvalue weighted by Gasteiger charge is -2.26. The van der Waals surface area contributed by atoms with Gasteiger partial charge in [-0.1, -0.05) is 52.3 Å². The van der Waals surface area contributed by atoms with Gasteiger partial charge in [0.25, 0.3) is 0 Å². The molecule has 0 saturated carbocycles. The first-order chi connectivity index (χ1) is 10.2. The van der Waals surface area contributed by atoms with Crippen LogP contribution in [0.15, 0.2) is 53.0 Å². The molecule has 0 heterocycles. The van der Waals surface area contributed by atoms with E-state index in [9.17, 15) is 4.79 Å². The van der Waals surface area contributed by atoms with Gasteiger partial charge in [-0.2, -0.15) is 0 Å². The van der Waals surface area contributed by atoms with Crippen LogP contribution in [0.5, 0.6) is 0 Å². The van der Waals surface area contributed by atoms with E-state index in [0.717, 1.165) is 29.3 Å². The molecule has 2 aromatic carbocycles. The van der Waals surface area contributed by atoms with Gasteiger partial charge in [-0.25, -0.2) is 0 Å². The fourth-order valence-corrected chi connectivity index (χ4v) is 3.43. The second-order valence-corrected chi connectivity index (χ2v) is 6.43. The first kappa shape index (κ1) is 14.3. The molecule has 0 aromatic heterocycles. The first-order valence-electron chi connectivity index (χ1n) is 7.34. The molecule has 0 saturated heterocycles. The number of carbonyl (C=O) groups excluding carboxylic acids is 1. The zero-order chi connectivity index (χ0) is 14.7. The van der Waals surface area contributed by atoms with E-state index in [1.54, 1.807) is 0 Å². The molecule has 21 heavy (non-hydrogen) atoms. The summed E-state index contributed by atoms with van der Waals surface area (Å²) in [5.74, 6) is 0.0924. The van der Waals surface area contributed by atoms with Crippen LogP contribution >= 0.6 is 15.9 Å². The summed E-state index contributed by atoms with van der Waals surface area (Å²) >= 11 is 3.44. The normalized spacial score (nSPS) is 17.1. The topological polar surface area (TPSA) is 29.1 Å². The Morgan fingerprint density at radius 1 is 1.19 bits per heavy atom. The number of hydrogen-bond acceptors (Lipinski definition) is 1. The molecule has 0 fully saturated rings. The minimum Gasteiger partial charge on any atom is -0.349 e. The Morgan fingerprint density at radius 3 is 2.90 bits per heavy atom. The molecule has 2 nitrogen and oxygen atoms in total. The fourth-order valence-electron chi connectivity index (χ4n) is 2.98. The molecule has 3 rings (SSSR count). The smallest absolute Gasteiger partial charge is 0.224 e. The van der Waals surface area contributed by atoms with Gasteiger partial charge in [0.1, 0.15) is 0 Å². The lowest BCUT2D eigenvalue weighted by atomic mass is 9.87. The molecule has 1 atom stereocenters. The van der Waals surface area contributed by atoms with Crippen LogP contribution in [0.2, 0.25) is 0 Å². The Hall–Kier alpha value is -1.61. The summed E-state index contributed by atoms with van der Waals surface area (Å²) in [5, 5.41) is 3.19. The lowest BCUT2D eigenvalue weighted by molar-refractivity contribution is -0.121. The number of benzene rings is 2. The van der Waals surface area contributed by atoms with E-state index in [1.165, 1.54) is 11.1 Å². The van der Waals surface area contributed by atoms with Gasteiger partial charge in [0.2, 0.25) is 5.91 Å². The molecule has 0 bridgehead atoms. The Bertz CT molecular complexity index is 653. The van der Waals surface area contributed by atoms with Crippen molar-refractivity contribution in [1.82, 2.24) is 5.32 Å². The highest BCUT2D eigenvalue weighted by Crippen LogP contribution is 2.29. The summed E-state index contributed by atoms with van der Waals surface area (Å²) in [6.07, 6.45) is 3.71. The zero-order valence-corrected chi connectivity index (χ0v) is 13.4. The molecule has 0 radical (unpaired) electrons. The maximum Gasteiger partial charge on any atom is 0.224 e. The average molecular weight is 344 g/mol. The van der Waals surface area contributed by atoms with Gasteiger partial charge in [0.15, 0.2) is 0 Å². The fraction of sp³-hybridized carbons (Fsp3) is 0.278. The van der Waals surface area contributed by atoms with Gasteiger partial charge in [0.05, 0.1) is 12.5 Å². The number of carbonyl (C=O) groups is 1. The Morgan fingerprint density at radius 2 is 2.05 bits per heavy atom. The van der Waals surface area contributed by atoms with Crippen molar-refractivity contribution in [2.75, 3.05) is 0 Å². The third-order valence-electron chi connectivity index (χ3n) is 3.96. The van der Waals surface area contributed by atoms with Gasteiger partial charge in [-0.05, 0) is 48.1 Å². The number of amides is 1. The second kappa shape index (κ2) is 6.44. The van der Waals surface area contributed by atoms with Crippen LogP contribution in [0.3, 0.4) is 0 Å². The van der Waals surface area contributed by atoms with Gasteiger partial charge in [-0.15, -0.1) is 0 Å². The molecule has 1 amide bonds. The van der Waals surface area contributed by atoms with Gasteiger partial charge in [-0.3, -0.25) is 4.79 Å². The Balaban J connectivity index is 1.68. The van der Waals surface area contributed by atoms with E-state index in [1.807, 2.05) is 24.3 Å². The highest BCUT2D eigenvalue weighted by molar-refractivity contribution is 9.10. The van der Waals surface area contributed by atoms with Crippen molar-refractivity contribution < 1.29 is 4.79 Å².